The van der Waals surface area contributed by atoms with Crippen LogP contribution in [0.3, 0.4) is 0 Å². The monoisotopic (exact) mass is 361 g/mol. The van der Waals surface area contributed by atoms with E-state index in [-0.39, 0.29) is 31.0 Å². The van der Waals surface area contributed by atoms with Gasteiger partial charge in [-0.1, -0.05) is 39.3 Å². The molecule has 0 N–H and O–H groups in total. The summed E-state index contributed by atoms with van der Waals surface area (Å²) in [4.78, 5) is 0. The van der Waals surface area contributed by atoms with Crippen molar-refractivity contribution >= 4 is 28.6 Å². The van der Waals surface area contributed by atoms with Crippen LogP contribution in [0.2, 0.25) is 39.3 Å². The van der Waals surface area contributed by atoms with Crippen LogP contribution in [0.15, 0.2) is 34.7 Å². The number of hydrogen-bond donors (Lipinski definition) is 0. The second kappa shape index (κ2) is 9.32. The summed E-state index contributed by atoms with van der Waals surface area (Å²) in [6, 6.07) is 0. The molecule has 0 aromatic carbocycles. The standard InChI is InChI=1S/2C8H13Si.ClH.V/c2*1-9(2,3)8-6-4-5-7-8;;/h2*4,6H,5H2,1-3H3;1H;/q2*-1;;+2. The molecule has 2 aliphatic rings. The van der Waals surface area contributed by atoms with E-state index in [1.165, 1.54) is 10.4 Å². The molecule has 2 aliphatic carbocycles. The molecular formula is C16H27ClSi2V. The molecule has 0 atom stereocenters. The summed E-state index contributed by atoms with van der Waals surface area (Å²) < 4.78 is 0. The molecule has 0 aromatic heterocycles. The van der Waals surface area contributed by atoms with Crippen molar-refractivity contribution in [2.75, 3.05) is 0 Å². The Bertz CT molecular complexity index is 367. The van der Waals surface area contributed by atoms with Crippen molar-refractivity contribution in [2.24, 2.45) is 0 Å². The topological polar surface area (TPSA) is 0 Å². The molecule has 0 aliphatic heterocycles. The molecule has 111 valence electrons. The van der Waals surface area contributed by atoms with Crippen LogP contribution in [0.1, 0.15) is 12.8 Å². The van der Waals surface area contributed by atoms with E-state index in [4.69, 9.17) is 0 Å². The Kier molecular flexibility index (Phi) is 10.5. The molecular weight excluding hydrogens is 335 g/mol. The van der Waals surface area contributed by atoms with Crippen LogP contribution >= 0.6 is 12.4 Å². The molecule has 0 heterocycles. The number of rotatable bonds is 2. The molecule has 0 amide bonds. The minimum Gasteiger partial charge on any atom is -0.274 e. The van der Waals surface area contributed by atoms with Crippen LogP contribution in [-0.4, -0.2) is 16.1 Å². The van der Waals surface area contributed by atoms with Gasteiger partial charge in [0.25, 0.3) is 0 Å². The van der Waals surface area contributed by atoms with E-state index < -0.39 is 16.1 Å². The Hall–Kier alpha value is 0.268. The van der Waals surface area contributed by atoms with E-state index in [0.717, 1.165) is 12.8 Å². The summed E-state index contributed by atoms with van der Waals surface area (Å²) in [6.07, 6.45) is 17.6. The van der Waals surface area contributed by atoms with Gasteiger partial charge in [0.05, 0.1) is 0 Å². The zero-order chi connectivity index (χ0) is 13.8. The van der Waals surface area contributed by atoms with Gasteiger partial charge in [0.15, 0.2) is 0 Å². The van der Waals surface area contributed by atoms with Gasteiger partial charge in [-0.05, 0) is 0 Å². The Morgan fingerprint density at radius 2 is 1.05 bits per heavy atom. The molecule has 0 spiro atoms. The fraction of sp³-hybridized carbons (Fsp3) is 0.500. The third-order valence-corrected chi connectivity index (χ3v) is 6.92. The molecule has 0 aromatic rings. The van der Waals surface area contributed by atoms with Crippen molar-refractivity contribution in [2.45, 2.75) is 52.1 Å². The molecule has 0 bridgehead atoms. The van der Waals surface area contributed by atoms with E-state index in [1.807, 2.05) is 0 Å². The number of halogens is 1. The van der Waals surface area contributed by atoms with Crippen molar-refractivity contribution in [1.82, 2.24) is 0 Å². The SMILES string of the molecule is C[Si](C)(C)C1=[C-]CC=C1.C[Si](C)(C)C1=[C-]CC=C1.Cl.[V+2]. The van der Waals surface area contributed by atoms with Gasteiger partial charge in [0.2, 0.25) is 0 Å². The number of allylic oxidation sites excluding steroid dienone is 8. The predicted octanol–water partition coefficient (Wildman–Crippen LogP) is 5.53. The molecule has 20 heavy (non-hydrogen) atoms. The zero-order valence-corrected chi connectivity index (χ0v) is 17.8. The molecule has 2 rings (SSSR count). The Morgan fingerprint density at radius 3 is 1.15 bits per heavy atom. The van der Waals surface area contributed by atoms with Gasteiger partial charge in [0, 0.05) is 16.1 Å². The second-order valence-corrected chi connectivity index (χ2v) is 17.0. The molecule has 0 fully saturated rings. The smallest absolute Gasteiger partial charge is 0.274 e. The van der Waals surface area contributed by atoms with Gasteiger partial charge >= 0.3 is 18.6 Å². The van der Waals surface area contributed by atoms with E-state index in [0.29, 0.717) is 0 Å². The van der Waals surface area contributed by atoms with Gasteiger partial charge in [-0.15, -0.1) is 25.2 Å². The Morgan fingerprint density at radius 1 is 0.750 bits per heavy atom. The van der Waals surface area contributed by atoms with Crippen molar-refractivity contribution < 1.29 is 18.6 Å². The van der Waals surface area contributed by atoms with E-state index in [2.05, 4.69) is 75.7 Å². The maximum Gasteiger partial charge on any atom is 2.00 e. The second-order valence-electron chi connectivity index (χ2n) is 6.89. The maximum absolute atomic E-state index is 3.36. The van der Waals surface area contributed by atoms with Gasteiger partial charge in [-0.25, -0.2) is 22.5 Å². The van der Waals surface area contributed by atoms with Crippen LogP contribution in [-0.2, 0) is 18.6 Å². The van der Waals surface area contributed by atoms with Gasteiger partial charge < -0.3 is 0 Å². The Balaban J connectivity index is 0. The van der Waals surface area contributed by atoms with Crippen LogP contribution in [0, 0.1) is 12.2 Å². The predicted molar refractivity (Wildman–Crippen MR) is 95.0 cm³/mol. The van der Waals surface area contributed by atoms with Gasteiger partial charge in [-0.3, -0.25) is 12.2 Å². The quantitative estimate of drug-likeness (QED) is 0.448. The zero-order valence-electron chi connectivity index (χ0n) is 13.6. The summed E-state index contributed by atoms with van der Waals surface area (Å²) in [6.45, 7) is 14.1. The summed E-state index contributed by atoms with van der Waals surface area (Å²) >= 11 is 0. The van der Waals surface area contributed by atoms with Crippen LogP contribution in [0.5, 0.6) is 0 Å². The summed E-state index contributed by atoms with van der Waals surface area (Å²) in [5.41, 5.74) is 0. The number of hydrogen-bond acceptors (Lipinski definition) is 0. The summed E-state index contributed by atoms with van der Waals surface area (Å²) in [7, 11) is -2.01. The minimum absolute atomic E-state index is 0. The normalized spacial score (nSPS) is 16.5. The first-order chi connectivity index (χ1) is 8.21. The third-order valence-electron chi connectivity index (χ3n) is 3.01. The van der Waals surface area contributed by atoms with Gasteiger partial charge in [-0.2, -0.15) is 12.2 Å². The average molecular weight is 362 g/mol. The molecule has 0 nitrogen and oxygen atoms in total. The largest absolute Gasteiger partial charge is 2.00 e. The van der Waals surface area contributed by atoms with Crippen molar-refractivity contribution in [3.05, 3.63) is 46.8 Å². The maximum atomic E-state index is 3.36. The molecule has 4 heteroatoms. The average Bonchev–Trinajstić information content (AvgIpc) is 2.91. The molecule has 1 radical (unpaired) electrons. The first-order valence-electron chi connectivity index (χ1n) is 6.77. The van der Waals surface area contributed by atoms with Crippen LogP contribution < -0.4 is 0 Å². The van der Waals surface area contributed by atoms with E-state index >= 15 is 0 Å². The van der Waals surface area contributed by atoms with E-state index in [1.54, 1.807) is 0 Å². The summed E-state index contributed by atoms with van der Waals surface area (Å²) in [5, 5.41) is 2.98. The molecule has 0 unspecified atom stereocenters. The van der Waals surface area contributed by atoms with Crippen molar-refractivity contribution in [3.8, 4) is 0 Å². The fourth-order valence-corrected chi connectivity index (χ4v) is 4.34. The Labute approximate surface area is 145 Å². The van der Waals surface area contributed by atoms with Crippen LogP contribution in [0.25, 0.3) is 0 Å². The molecule has 0 saturated heterocycles. The summed E-state index contributed by atoms with van der Waals surface area (Å²) in [5.74, 6) is 0. The van der Waals surface area contributed by atoms with Crippen molar-refractivity contribution in [1.29, 1.82) is 0 Å². The first-order valence-corrected chi connectivity index (χ1v) is 13.8. The van der Waals surface area contributed by atoms with Crippen molar-refractivity contribution in [3.63, 3.8) is 0 Å². The first kappa shape index (κ1) is 22.5. The third kappa shape index (κ3) is 7.89. The minimum atomic E-state index is -1.01. The van der Waals surface area contributed by atoms with Gasteiger partial charge in [0.1, 0.15) is 0 Å². The van der Waals surface area contributed by atoms with E-state index in [9.17, 15) is 0 Å². The fourth-order valence-electron chi connectivity index (χ4n) is 1.84. The molecule has 0 saturated carbocycles. The van der Waals surface area contributed by atoms with Crippen LogP contribution in [0.4, 0.5) is 0 Å².